The Kier molecular flexibility index (Phi) is 11.5. The molecule has 4 amide bonds. The molecule has 14 nitrogen and oxygen atoms in total. The number of imide groups is 1. The molecule has 4 aromatic rings. The van der Waals surface area contributed by atoms with Crippen molar-refractivity contribution in [2.45, 2.75) is 90.2 Å². The van der Waals surface area contributed by atoms with Crippen molar-refractivity contribution in [2.75, 3.05) is 11.4 Å². The number of urea groups is 1. The largest absolute Gasteiger partial charge is 0.443 e. The molecule has 15 heteroatoms. The monoisotopic (exact) mass is 720 g/mol. The van der Waals surface area contributed by atoms with Gasteiger partial charge in [0.15, 0.2) is 27.1 Å². The van der Waals surface area contributed by atoms with E-state index in [-0.39, 0.29) is 33.9 Å². The molecule has 0 radical (unpaired) electrons. The Morgan fingerprint density at radius 3 is 1.92 bits per heavy atom. The molecule has 0 bridgehead atoms. The fraction of sp³-hybridized carbons (Fsp3) is 0.389. The SMILES string of the molecule is CCNC(=O)NCc1ccc(-c2cc(-c3nc(-c4ccc(S(=O)(=O)C(C)C)cc4)cnc3N(C(=O)OC(C)(C)C)C(=O)OC(C)(C)C)on2)cc1. The molecule has 4 rings (SSSR count). The van der Waals surface area contributed by atoms with Gasteiger partial charge in [-0.15, -0.1) is 0 Å². The molecule has 0 aliphatic carbocycles. The van der Waals surface area contributed by atoms with E-state index in [2.05, 4.69) is 20.8 Å². The summed E-state index contributed by atoms with van der Waals surface area (Å²) in [7, 11) is -3.52. The Morgan fingerprint density at radius 1 is 0.843 bits per heavy atom. The number of sulfone groups is 1. The van der Waals surface area contributed by atoms with E-state index in [0.717, 1.165) is 5.56 Å². The first-order chi connectivity index (χ1) is 23.8. The topological polar surface area (TPSA) is 183 Å². The third-order valence-electron chi connectivity index (χ3n) is 7.00. The minimum atomic E-state index is -3.52. The molecule has 0 unspecified atom stereocenters. The number of carbonyl (C=O) groups excluding carboxylic acids is 3. The van der Waals surface area contributed by atoms with Gasteiger partial charge in [0.05, 0.1) is 22.0 Å². The highest BCUT2D eigenvalue weighted by molar-refractivity contribution is 7.92. The second-order valence-corrected chi connectivity index (χ2v) is 16.3. The summed E-state index contributed by atoms with van der Waals surface area (Å²) in [5.74, 6) is -0.178. The van der Waals surface area contributed by atoms with Crippen LogP contribution in [0.5, 0.6) is 0 Å². The smallest absolute Gasteiger partial charge is 0.425 e. The third kappa shape index (κ3) is 9.90. The third-order valence-corrected chi connectivity index (χ3v) is 9.17. The zero-order valence-electron chi connectivity index (χ0n) is 30.2. The van der Waals surface area contributed by atoms with Crippen LogP contribution < -0.4 is 15.5 Å². The highest BCUT2D eigenvalue weighted by Gasteiger charge is 2.37. The van der Waals surface area contributed by atoms with E-state index in [9.17, 15) is 22.8 Å². The molecule has 0 aliphatic heterocycles. The Morgan fingerprint density at radius 2 is 1.39 bits per heavy atom. The van der Waals surface area contributed by atoms with E-state index in [1.807, 2.05) is 19.1 Å². The molecule has 0 saturated heterocycles. The lowest BCUT2D eigenvalue weighted by Crippen LogP contribution is -2.44. The number of nitrogens with one attached hydrogen (secondary N) is 2. The number of ether oxygens (including phenoxy) is 2. The summed E-state index contributed by atoms with van der Waals surface area (Å²) < 4.78 is 42.4. The summed E-state index contributed by atoms with van der Waals surface area (Å²) in [6.45, 7) is 15.8. The molecule has 272 valence electrons. The second kappa shape index (κ2) is 15.3. The van der Waals surface area contributed by atoms with Gasteiger partial charge in [0, 0.05) is 30.3 Å². The number of nitrogens with zero attached hydrogens (tertiary/aromatic N) is 4. The summed E-state index contributed by atoms with van der Waals surface area (Å²) in [4.78, 5) is 49.0. The fourth-order valence-corrected chi connectivity index (χ4v) is 5.58. The average Bonchev–Trinajstić information content (AvgIpc) is 3.53. The fourth-order valence-electron chi connectivity index (χ4n) is 4.52. The zero-order valence-corrected chi connectivity index (χ0v) is 31.0. The molecular formula is C36H44N6O8S. The van der Waals surface area contributed by atoms with E-state index >= 15 is 0 Å². The molecule has 0 saturated carbocycles. The molecule has 0 aliphatic rings. The maximum atomic E-state index is 13.6. The highest BCUT2D eigenvalue weighted by Crippen LogP contribution is 2.34. The van der Waals surface area contributed by atoms with Gasteiger partial charge in [0.25, 0.3) is 0 Å². The van der Waals surface area contributed by atoms with Gasteiger partial charge in [-0.3, -0.25) is 0 Å². The van der Waals surface area contributed by atoms with Crippen molar-refractivity contribution < 1.29 is 36.8 Å². The molecular weight excluding hydrogens is 676 g/mol. The average molecular weight is 721 g/mol. The van der Waals surface area contributed by atoms with Gasteiger partial charge in [-0.1, -0.05) is 41.6 Å². The van der Waals surface area contributed by atoms with E-state index in [4.69, 9.17) is 19.0 Å². The molecule has 51 heavy (non-hydrogen) atoms. The summed E-state index contributed by atoms with van der Waals surface area (Å²) >= 11 is 0. The van der Waals surface area contributed by atoms with Crippen LogP contribution in [0.15, 0.2) is 70.2 Å². The van der Waals surface area contributed by atoms with Crippen molar-refractivity contribution in [3.8, 4) is 34.0 Å². The number of amides is 4. The van der Waals surface area contributed by atoms with Crippen LogP contribution in [0.1, 0.15) is 67.9 Å². The Hall–Kier alpha value is -5.31. The summed E-state index contributed by atoms with van der Waals surface area (Å²) in [5, 5.41) is 9.06. The molecule has 2 aromatic carbocycles. The highest BCUT2D eigenvalue weighted by atomic mass is 32.2. The summed E-state index contributed by atoms with van der Waals surface area (Å²) in [6, 6.07) is 14.7. The van der Waals surface area contributed by atoms with Gasteiger partial charge in [-0.25, -0.2) is 32.8 Å². The maximum Gasteiger partial charge on any atom is 0.425 e. The number of anilines is 1. The number of benzene rings is 2. The molecule has 0 atom stereocenters. The van der Waals surface area contributed by atoms with Crippen molar-refractivity contribution in [1.29, 1.82) is 0 Å². The Balaban J connectivity index is 1.82. The molecule has 2 N–H and O–H groups in total. The Bertz CT molecular complexity index is 1950. The van der Waals surface area contributed by atoms with Gasteiger partial charge in [-0.2, -0.15) is 4.90 Å². The predicted molar refractivity (Wildman–Crippen MR) is 192 cm³/mol. The number of hydrogen-bond acceptors (Lipinski definition) is 11. The quantitative estimate of drug-likeness (QED) is 0.179. The van der Waals surface area contributed by atoms with E-state index in [0.29, 0.717) is 34.8 Å². The van der Waals surface area contributed by atoms with Gasteiger partial charge in [-0.05, 0) is 80.0 Å². The molecule has 0 fully saturated rings. The van der Waals surface area contributed by atoms with Crippen LogP contribution in [0.2, 0.25) is 0 Å². The lowest BCUT2D eigenvalue weighted by Gasteiger charge is -2.28. The van der Waals surface area contributed by atoms with Gasteiger partial charge < -0.3 is 24.6 Å². The van der Waals surface area contributed by atoms with Gasteiger partial charge >= 0.3 is 18.2 Å². The van der Waals surface area contributed by atoms with Crippen LogP contribution in [0.3, 0.4) is 0 Å². The van der Waals surface area contributed by atoms with Crippen molar-refractivity contribution in [3.05, 3.63) is 66.4 Å². The first-order valence-electron chi connectivity index (χ1n) is 16.3. The van der Waals surface area contributed by atoms with Crippen LogP contribution in [-0.4, -0.2) is 64.8 Å². The minimum Gasteiger partial charge on any atom is -0.443 e. The maximum absolute atomic E-state index is 13.6. The van der Waals surface area contributed by atoms with Gasteiger partial charge in [0.1, 0.15) is 16.9 Å². The van der Waals surface area contributed by atoms with Crippen LogP contribution in [0, 0.1) is 0 Å². The van der Waals surface area contributed by atoms with Crippen LogP contribution >= 0.6 is 0 Å². The number of carbonyl (C=O) groups is 3. The lowest BCUT2D eigenvalue weighted by atomic mass is 10.1. The summed E-state index contributed by atoms with van der Waals surface area (Å²) in [5.41, 5.74) is 0.740. The number of aromatic nitrogens is 3. The van der Waals surface area contributed by atoms with Gasteiger partial charge in [0.2, 0.25) is 0 Å². The van der Waals surface area contributed by atoms with E-state index < -0.39 is 38.5 Å². The lowest BCUT2D eigenvalue weighted by molar-refractivity contribution is 0.0429. The minimum absolute atomic E-state index is 0.0374. The van der Waals surface area contributed by atoms with Crippen molar-refractivity contribution in [2.24, 2.45) is 0 Å². The predicted octanol–water partition coefficient (Wildman–Crippen LogP) is 7.14. The Labute approximate surface area is 297 Å². The molecule has 0 spiro atoms. The van der Waals surface area contributed by atoms with Crippen molar-refractivity contribution >= 4 is 33.9 Å². The molecule has 2 aromatic heterocycles. The van der Waals surface area contributed by atoms with E-state index in [1.165, 1.54) is 18.3 Å². The van der Waals surface area contributed by atoms with Crippen LogP contribution in [0.25, 0.3) is 34.0 Å². The van der Waals surface area contributed by atoms with Crippen LogP contribution in [0.4, 0.5) is 20.2 Å². The van der Waals surface area contributed by atoms with Crippen molar-refractivity contribution in [3.63, 3.8) is 0 Å². The molecule has 2 heterocycles. The van der Waals surface area contributed by atoms with Crippen LogP contribution in [-0.2, 0) is 25.9 Å². The van der Waals surface area contributed by atoms with E-state index in [1.54, 1.807) is 85.7 Å². The summed E-state index contributed by atoms with van der Waals surface area (Å²) in [6.07, 6.45) is -0.767. The first-order valence-corrected chi connectivity index (χ1v) is 17.9. The number of hydrogen-bond donors (Lipinski definition) is 2. The zero-order chi connectivity index (χ0) is 37.7. The first kappa shape index (κ1) is 38.5. The van der Waals surface area contributed by atoms with Crippen molar-refractivity contribution in [1.82, 2.24) is 25.8 Å². The second-order valence-electron chi connectivity index (χ2n) is 13.8. The number of rotatable bonds is 9. The normalized spacial score (nSPS) is 12.0. The standard InChI is InChI=1S/C36H44N6O8S/c1-10-37-32(43)39-20-23-11-13-24(14-12-23)27-19-29(50-41-27)30-31(42(33(44)48-35(4,5)6)34(45)49-36(7,8)9)38-21-28(40-30)25-15-17-26(18-16-25)51(46,47)22(2)3/h11-19,21-22H,10,20H2,1-9H3,(H2,37,39,43).